The van der Waals surface area contributed by atoms with Gasteiger partial charge < -0.3 is 15.2 Å². The Morgan fingerprint density at radius 2 is 1.79 bits per heavy atom. The highest BCUT2D eigenvalue weighted by Gasteiger charge is 2.20. The summed E-state index contributed by atoms with van der Waals surface area (Å²) in [5.74, 6) is 1.57. The number of hydrogen-bond donors (Lipinski definition) is 1. The van der Waals surface area contributed by atoms with E-state index in [1.54, 1.807) is 6.20 Å². The van der Waals surface area contributed by atoms with Crippen molar-refractivity contribution < 1.29 is 9.47 Å². The second-order valence-electron chi connectivity index (χ2n) is 5.35. The molecular weight excluding hydrogens is 302 g/mol. The average Bonchev–Trinajstić information content (AvgIpc) is 3.09. The van der Waals surface area contributed by atoms with Gasteiger partial charge in [0.1, 0.15) is 17.5 Å². The number of nitrogens with zero attached hydrogens (tertiary/aromatic N) is 2. The Morgan fingerprint density at radius 1 is 1.00 bits per heavy atom. The van der Waals surface area contributed by atoms with E-state index in [1.807, 2.05) is 48.5 Å². The summed E-state index contributed by atoms with van der Waals surface area (Å²) < 4.78 is 10.8. The minimum absolute atomic E-state index is 0.202. The van der Waals surface area contributed by atoms with Crippen LogP contribution in [0.4, 0.5) is 5.82 Å². The number of aromatic nitrogens is 1. The Morgan fingerprint density at radius 3 is 2.58 bits per heavy atom. The van der Waals surface area contributed by atoms with Gasteiger partial charge in [0.2, 0.25) is 6.79 Å². The fourth-order valence-corrected chi connectivity index (χ4v) is 2.83. The third-order valence-electron chi connectivity index (χ3n) is 3.97. The van der Waals surface area contributed by atoms with Crippen LogP contribution >= 0.6 is 0 Å². The zero-order chi connectivity index (χ0) is 16.5. The fraction of sp³-hybridized carbons (Fsp3) is 0.0526. The molecule has 3 aromatic rings. The van der Waals surface area contributed by atoms with Gasteiger partial charge in [-0.3, -0.25) is 0 Å². The lowest BCUT2D eigenvalue weighted by Gasteiger charge is -2.13. The Bertz CT molecular complexity index is 962. The lowest BCUT2D eigenvalue weighted by atomic mass is 9.92. The fourth-order valence-electron chi connectivity index (χ4n) is 2.83. The van der Waals surface area contributed by atoms with Gasteiger partial charge in [0.15, 0.2) is 11.5 Å². The molecule has 0 bridgehead atoms. The first-order chi connectivity index (χ1) is 11.8. The van der Waals surface area contributed by atoms with E-state index in [0.29, 0.717) is 17.1 Å². The highest BCUT2D eigenvalue weighted by molar-refractivity contribution is 5.90. The van der Waals surface area contributed by atoms with Crippen LogP contribution in [0.5, 0.6) is 11.5 Å². The van der Waals surface area contributed by atoms with Gasteiger partial charge in [-0.05, 0) is 23.3 Å². The van der Waals surface area contributed by atoms with Gasteiger partial charge in [-0.2, -0.15) is 5.26 Å². The van der Waals surface area contributed by atoms with Gasteiger partial charge in [-0.15, -0.1) is 0 Å². The third kappa shape index (κ3) is 2.22. The minimum atomic E-state index is 0.202. The smallest absolute Gasteiger partial charge is 0.231 e. The normalized spacial score (nSPS) is 12.0. The van der Waals surface area contributed by atoms with Crippen LogP contribution in [0.1, 0.15) is 5.56 Å². The van der Waals surface area contributed by atoms with Gasteiger partial charge in [0.25, 0.3) is 0 Å². The predicted octanol–water partition coefficient (Wildman–Crippen LogP) is 3.60. The molecule has 1 aliphatic heterocycles. The van der Waals surface area contributed by atoms with Crippen molar-refractivity contribution in [2.45, 2.75) is 0 Å². The second kappa shape index (κ2) is 5.60. The molecule has 4 rings (SSSR count). The van der Waals surface area contributed by atoms with Crippen molar-refractivity contribution in [1.82, 2.24) is 4.98 Å². The summed E-state index contributed by atoms with van der Waals surface area (Å²) in [5, 5.41) is 9.60. The summed E-state index contributed by atoms with van der Waals surface area (Å²) in [6.07, 6.45) is 1.70. The van der Waals surface area contributed by atoms with Crippen molar-refractivity contribution in [2.24, 2.45) is 0 Å². The van der Waals surface area contributed by atoms with Gasteiger partial charge in [0.05, 0.1) is 0 Å². The molecule has 0 radical (unpaired) electrons. The molecule has 2 heterocycles. The number of rotatable bonds is 2. The topological polar surface area (TPSA) is 81.2 Å². The van der Waals surface area contributed by atoms with Gasteiger partial charge >= 0.3 is 0 Å². The molecule has 5 nitrogen and oxygen atoms in total. The van der Waals surface area contributed by atoms with Crippen molar-refractivity contribution in [3.8, 4) is 39.8 Å². The van der Waals surface area contributed by atoms with Gasteiger partial charge in [-0.1, -0.05) is 36.4 Å². The van der Waals surface area contributed by atoms with E-state index in [-0.39, 0.29) is 12.6 Å². The van der Waals surface area contributed by atoms with E-state index >= 15 is 0 Å². The van der Waals surface area contributed by atoms with Crippen LogP contribution in [-0.4, -0.2) is 11.8 Å². The Kier molecular flexibility index (Phi) is 3.29. The molecule has 2 N–H and O–H groups in total. The van der Waals surface area contributed by atoms with Gasteiger partial charge in [0, 0.05) is 17.3 Å². The molecule has 116 valence electrons. The summed E-state index contributed by atoms with van der Waals surface area (Å²) >= 11 is 0. The number of benzene rings is 2. The summed E-state index contributed by atoms with van der Waals surface area (Å²) in [5.41, 5.74) is 9.69. The molecule has 0 saturated carbocycles. The first kappa shape index (κ1) is 14.1. The number of nitrogen functional groups attached to an aromatic ring is 1. The van der Waals surface area contributed by atoms with Crippen LogP contribution < -0.4 is 15.2 Å². The summed E-state index contributed by atoms with van der Waals surface area (Å²) in [4.78, 5) is 4.18. The molecule has 1 aliphatic rings. The molecule has 0 aliphatic carbocycles. The van der Waals surface area contributed by atoms with E-state index < -0.39 is 0 Å². The first-order valence-electron chi connectivity index (χ1n) is 7.42. The molecule has 0 unspecified atom stereocenters. The monoisotopic (exact) mass is 315 g/mol. The number of fused-ring (bicyclic) bond motifs is 1. The lowest BCUT2D eigenvalue weighted by Crippen LogP contribution is -1.99. The number of nitrogens with two attached hydrogens (primary N) is 1. The lowest BCUT2D eigenvalue weighted by molar-refractivity contribution is 0.174. The van der Waals surface area contributed by atoms with Crippen LogP contribution in [0.25, 0.3) is 22.3 Å². The maximum absolute atomic E-state index is 9.60. The van der Waals surface area contributed by atoms with Crippen molar-refractivity contribution in [1.29, 1.82) is 5.26 Å². The van der Waals surface area contributed by atoms with Crippen LogP contribution in [0.3, 0.4) is 0 Å². The van der Waals surface area contributed by atoms with Crippen molar-refractivity contribution in [3.63, 3.8) is 0 Å². The molecule has 0 fully saturated rings. The SMILES string of the molecule is N#Cc1c(N)ncc(-c2ccccc2)c1-c1ccc2c(c1)OCO2. The van der Waals surface area contributed by atoms with Crippen LogP contribution in [0.2, 0.25) is 0 Å². The van der Waals surface area contributed by atoms with Crippen LogP contribution in [0, 0.1) is 11.3 Å². The van der Waals surface area contributed by atoms with E-state index in [4.69, 9.17) is 15.2 Å². The first-order valence-corrected chi connectivity index (χ1v) is 7.42. The number of pyridine rings is 1. The molecule has 0 spiro atoms. The molecule has 1 aromatic heterocycles. The number of nitriles is 1. The van der Waals surface area contributed by atoms with E-state index in [0.717, 1.165) is 22.3 Å². The summed E-state index contributed by atoms with van der Waals surface area (Å²) in [6, 6.07) is 17.6. The van der Waals surface area contributed by atoms with Crippen molar-refractivity contribution in [3.05, 3.63) is 60.3 Å². The maximum Gasteiger partial charge on any atom is 0.231 e. The van der Waals surface area contributed by atoms with Crippen LogP contribution in [0.15, 0.2) is 54.7 Å². The largest absolute Gasteiger partial charge is 0.454 e. The van der Waals surface area contributed by atoms with Crippen molar-refractivity contribution >= 4 is 5.82 Å². The highest BCUT2D eigenvalue weighted by Crippen LogP contribution is 2.41. The molecule has 5 heteroatoms. The maximum atomic E-state index is 9.60. The van der Waals surface area contributed by atoms with Crippen LogP contribution in [-0.2, 0) is 0 Å². The average molecular weight is 315 g/mol. The number of ether oxygens (including phenoxy) is 2. The standard InChI is InChI=1S/C19H13N3O2/c20-9-14-18(13-6-7-16-17(8-13)24-11-23-16)15(10-22-19(14)21)12-4-2-1-3-5-12/h1-8,10H,11H2,(H2,21,22). The minimum Gasteiger partial charge on any atom is -0.454 e. The molecular formula is C19H13N3O2. The summed E-state index contributed by atoms with van der Waals surface area (Å²) in [7, 11) is 0. The second-order valence-corrected chi connectivity index (χ2v) is 5.35. The zero-order valence-electron chi connectivity index (χ0n) is 12.7. The molecule has 0 saturated heterocycles. The third-order valence-corrected chi connectivity index (χ3v) is 3.97. The Labute approximate surface area is 138 Å². The predicted molar refractivity (Wildman–Crippen MR) is 90.4 cm³/mol. The Balaban J connectivity index is 1.99. The van der Waals surface area contributed by atoms with Crippen molar-refractivity contribution in [2.75, 3.05) is 12.5 Å². The highest BCUT2D eigenvalue weighted by atomic mass is 16.7. The quantitative estimate of drug-likeness (QED) is 0.781. The van der Waals surface area contributed by atoms with E-state index in [2.05, 4.69) is 11.1 Å². The van der Waals surface area contributed by atoms with E-state index in [1.165, 1.54) is 0 Å². The number of hydrogen-bond acceptors (Lipinski definition) is 5. The van der Waals surface area contributed by atoms with E-state index in [9.17, 15) is 5.26 Å². The van der Waals surface area contributed by atoms with Gasteiger partial charge in [-0.25, -0.2) is 4.98 Å². The Hall–Kier alpha value is -3.52. The molecule has 0 amide bonds. The zero-order valence-corrected chi connectivity index (χ0v) is 12.7. The number of anilines is 1. The molecule has 2 aromatic carbocycles. The summed E-state index contributed by atoms with van der Waals surface area (Å²) in [6.45, 7) is 0.202. The molecule has 24 heavy (non-hydrogen) atoms. The molecule has 0 atom stereocenters.